The van der Waals surface area contributed by atoms with Gasteiger partial charge < -0.3 is 5.11 Å². The molecule has 0 spiro atoms. The lowest BCUT2D eigenvalue weighted by atomic mass is 10.1. The summed E-state index contributed by atoms with van der Waals surface area (Å²) in [5.41, 5.74) is 0. The van der Waals surface area contributed by atoms with E-state index in [0.29, 0.717) is 6.61 Å². The topological polar surface area (TPSA) is 20.2 Å². The Balaban J connectivity index is 3.02. The third-order valence-electron chi connectivity index (χ3n) is 2.74. The average molecular weight is 224 g/mol. The second-order valence-corrected chi connectivity index (χ2v) is 4.41. The molecule has 0 aromatic rings. The van der Waals surface area contributed by atoms with Crippen molar-refractivity contribution in [2.45, 2.75) is 77.6 Å². The third-order valence-corrected chi connectivity index (χ3v) is 2.74. The Bertz CT molecular complexity index is 176. The number of aliphatic hydroxyl groups is 1. The van der Waals surface area contributed by atoms with E-state index in [1.807, 2.05) is 0 Å². The molecule has 0 atom stereocenters. The van der Waals surface area contributed by atoms with Crippen molar-refractivity contribution in [3.63, 3.8) is 0 Å². The van der Waals surface area contributed by atoms with Crippen LogP contribution >= 0.6 is 0 Å². The second-order valence-electron chi connectivity index (χ2n) is 4.41. The van der Waals surface area contributed by atoms with E-state index in [9.17, 15) is 0 Å². The van der Waals surface area contributed by atoms with Gasteiger partial charge >= 0.3 is 0 Å². The molecule has 0 saturated heterocycles. The van der Waals surface area contributed by atoms with Crippen molar-refractivity contribution >= 4 is 0 Å². The first-order valence-corrected chi connectivity index (χ1v) is 6.98. The zero-order chi connectivity index (χ0) is 11.9. The van der Waals surface area contributed by atoms with E-state index < -0.39 is 0 Å². The summed E-state index contributed by atoms with van der Waals surface area (Å²) in [5, 5.41) is 8.61. The summed E-state index contributed by atoms with van der Waals surface area (Å²) >= 11 is 0. The second kappa shape index (κ2) is 14.5. The highest BCUT2D eigenvalue weighted by atomic mass is 16.2. The SMILES string of the molecule is CCCCCC#CCCCCCCCCO. The first-order chi connectivity index (χ1) is 7.91. The van der Waals surface area contributed by atoms with Crippen LogP contribution in [-0.4, -0.2) is 11.7 Å². The Morgan fingerprint density at radius 2 is 1.19 bits per heavy atom. The van der Waals surface area contributed by atoms with Gasteiger partial charge in [-0.3, -0.25) is 0 Å². The largest absolute Gasteiger partial charge is 0.396 e. The number of rotatable bonds is 10. The van der Waals surface area contributed by atoms with Crippen molar-refractivity contribution in [2.75, 3.05) is 6.61 Å². The van der Waals surface area contributed by atoms with Crippen LogP contribution in [0, 0.1) is 11.8 Å². The van der Waals surface area contributed by atoms with Gasteiger partial charge in [0.25, 0.3) is 0 Å². The van der Waals surface area contributed by atoms with Crippen LogP contribution in [0.2, 0.25) is 0 Å². The van der Waals surface area contributed by atoms with Crippen molar-refractivity contribution in [1.29, 1.82) is 0 Å². The molecule has 0 rings (SSSR count). The lowest BCUT2D eigenvalue weighted by Gasteiger charge is -1.97. The van der Waals surface area contributed by atoms with Crippen LogP contribution in [0.1, 0.15) is 77.6 Å². The molecule has 0 aliphatic carbocycles. The maximum absolute atomic E-state index is 8.61. The van der Waals surface area contributed by atoms with Crippen LogP contribution < -0.4 is 0 Å². The van der Waals surface area contributed by atoms with E-state index in [4.69, 9.17) is 5.11 Å². The van der Waals surface area contributed by atoms with Crippen molar-refractivity contribution in [3.8, 4) is 11.8 Å². The van der Waals surface area contributed by atoms with E-state index in [1.165, 1.54) is 51.4 Å². The first-order valence-electron chi connectivity index (χ1n) is 6.98. The molecular weight excluding hydrogens is 196 g/mol. The molecule has 0 unspecified atom stereocenters. The fraction of sp³-hybridized carbons (Fsp3) is 0.867. The average Bonchev–Trinajstić information content (AvgIpc) is 2.31. The molecule has 0 bridgehead atoms. The van der Waals surface area contributed by atoms with Crippen molar-refractivity contribution in [1.82, 2.24) is 0 Å². The Morgan fingerprint density at radius 3 is 1.75 bits per heavy atom. The molecular formula is C15H28O. The molecule has 0 aromatic carbocycles. The lowest BCUT2D eigenvalue weighted by Crippen LogP contribution is -1.83. The third kappa shape index (κ3) is 13.5. The Kier molecular flexibility index (Phi) is 14.1. The molecule has 16 heavy (non-hydrogen) atoms. The normalized spacial score (nSPS) is 9.88. The maximum atomic E-state index is 8.61. The lowest BCUT2D eigenvalue weighted by molar-refractivity contribution is 0.282. The summed E-state index contributed by atoms with van der Waals surface area (Å²) in [6, 6.07) is 0. The van der Waals surface area contributed by atoms with Gasteiger partial charge in [0.15, 0.2) is 0 Å². The van der Waals surface area contributed by atoms with E-state index in [1.54, 1.807) is 0 Å². The molecule has 0 aliphatic heterocycles. The smallest absolute Gasteiger partial charge is 0.0431 e. The Hall–Kier alpha value is -0.480. The van der Waals surface area contributed by atoms with Crippen LogP contribution in [0.5, 0.6) is 0 Å². The Morgan fingerprint density at radius 1 is 0.688 bits per heavy atom. The van der Waals surface area contributed by atoms with Crippen LogP contribution in [0.15, 0.2) is 0 Å². The zero-order valence-corrected chi connectivity index (χ0v) is 10.9. The molecule has 0 saturated carbocycles. The number of hydrogen-bond donors (Lipinski definition) is 1. The molecule has 1 N–H and O–H groups in total. The molecule has 1 nitrogen and oxygen atoms in total. The van der Waals surface area contributed by atoms with Crippen molar-refractivity contribution in [2.24, 2.45) is 0 Å². The molecule has 1 heteroatoms. The van der Waals surface area contributed by atoms with Gasteiger partial charge in [-0.25, -0.2) is 0 Å². The molecule has 0 aromatic heterocycles. The summed E-state index contributed by atoms with van der Waals surface area (Å²) in [6.07, 6.45) is 13.3. The van der Waals surface area contributed by atoms with E-state index >= 15 is 0 Å². The van der Waals surface area contributed by atoms with Gasteiger partial charge in [-0.2, -0.15) is 0 Å². The predicted molar refractivity (Wildman–Crippen MR) is 71.3 cm³/mol. The van der Waals surface area contributed by atoms with Crippen LogP contribution in [0.4, 0.5) is 0 Å². The maximum Gasteiger partial charge on any atom is 0.0431 e. The number of hydrogen-bond acceptors (Lipinski definition) is 1. The highest BCUT2D eigenvalue weighted by Crippen LogP contribution is 2.06. The van der Waals surface area contributed by atoms with Crippen LogP contribution in [0.3, 0.4) is 0 Å². The fourth-order valence-electron chi connectivity index (χ4n) is 1.67. The van der Waals surface area contributed by atoms with Gasteiger partial charge in [0.1, 0.15) is 0 Å². The Labute approximate surface area is 102 Å². The summed E-state index contributed by atoms with van der Waals surface area (Å²) < 4.78 is 0. The monoisotopic (exact) mass is 224 g/mol. The summed E-state index contributed by atoms with van der Waals surface area (Å²) in [7, 11) is 0. The zero-order valence-electron chi connectivity index (χ0n) is 10.9. The standard InChI is InChI=1S/C15H28O/c1-2-3-4-5-6-7-8-9-10-11-12-13-14-15-16/h16H,2-5,8-15H2,1H3. The van der Waals surface area contributed by atoms with Crippen molar-refractivity contribution in [3.05, 3.63) is 0 Å². The highest BCUT2D eigenvalue weighted by Gasteiger charge is 1.89. The minimum atomic E-state index is 0.350. The van der Waals surface area contributed by atoms with Gasteiger partial charge in [-0.05, 0) is 19.3 Å². The highest BCUT2D eigenvalue weighted by molar-refractivity contribution is 4.98. The molecule has 0 heterocycles. The van der Waals surface area contributed by atoms with Gasteiger partial charge in [-0.15, -0.1) is 11.8 Å². The molecule has 0 aliphatic rings. The van der Waals surface area contributed by atoms with E-state index in [-0.39, 0.29) is 0 Å². The summed E-state index contributed by atoms with van der Waals surface area (Å²) in [5.74, 6) is 6.50. The van der Waals surface area contributed by atoms with E-state index in [0.717, 1.165) is 19.3 Å². The quantitative estimate of drug-likeness (QED) is 0.433. The summed E-state index contributed by atoms with van der Waals surface area (Å²) in [4.78, 5) is 0. The first kappa shape index (κ1) is 15.5. The number of aliphatic hydroxyl groups excluding tert-OH is 1. The van der Waals surface area contributed by atoms with Crippen LogP contribution in [0.25, 0.3) is 0 Å². The number of unbranched alkanes of at least 4 members (excludes halogenated alkanes) is 9. The van der Waals surface area contributed by atoms with Crippen LogP contribution in [-0.2, 0) is 0 Å². The fourth-order valence-corrected chi connectivity index (χ4v) is 1.67. The van der Waals surface area contributed by atoms with Gasteiger partial charge in [0.05, 0.1) is 0 Å². The van der Waals surface area contributed by atoms with Gasteiger partial charge in [0.2, 0.25) is 0 Å². The molecule has 0 amide bonds. The molecule has 94 valence electrons. The van der Waals surface area contributed by atoms with Gasteiger partial charge in [-0.1, -0.05) is 45.4 Å². The minimum absolute atomic E-state index is 0.350. The summed E-state index contributed by atoms with van der Waals surface area (Å²) in [6.45, 7) is 2.58. The van der Waals surface area contributed by atoms with Crippen molar-refractivity contribution < 1.29 is 5.11 Å². The molecule has 0 fully saturated rings. The van der Waals surface area contributed by atoms with E-state index in [2.05, 4.69) is 18.8 Å². The molecule has 0 radical (unpaired) electrons. The predicted octanol–water partition coefficient (Wildman–Crippen LogP) is 4.29. The van der Waals surface area contributed by atoms with Gasteiger partial charge in [0, 0.05) is 19.4 Å². The minimum Gasteiger partial charge on any atom is -0.396 e.